The molecule has 39 heavy (non-hydrogen) atoms. The molecule has 10 heteroatoms. The van der Waals surface area contributed by atoms with Gasteiger partial charge in [0.2, 0.25) is 5.91 Å². The molecule has 2 fully saturated rings. The van der Waals surface area contributed by atoms with Gasteiger partial charge in [-0.25, -0.2) is 0 Å². The number of aromatic amines is 1. The van der Waals surface area contributed by atoms with Crippen LogP contribution in [0.25, 0.3) is 0 Å². The second kappa shape index (κ2) is 9.02. The number of benzene rings is 1. The number of likely N-dealkylation sites (tertiary alicyclic amines) is 1. The molecule has 1 saturated heterocycles. The van der Waals surface area contributed by atoms with Crippen LogP contribution in [0.15, 0.2) is 29.1 Å². The summed E-state index contributed by atoms with van der Waals surface area (Å²) in [5.74, 6) is -1.19. The standard InChI is InChI=1S/C29H34N4O6/c1-15(34)8-22(25(30)36)31-26(37)20-9-18-12-29(39)24-10-17-4-5-19(35)11-21(17)28(29,13-23(18)32-27(20)38)6-7-33(24)14-16-2-3-16/h4-5,9,11,16,22,24,35,39H,2-3,6-8,10,12-14H2,1H3,(H2,30,36)(H,31,37)(H,32,38)/t22-,24+,28+,29+/m0/s1. The molecule has 2 amide bonds. The molecule has 2 bridgehead atoms. The first-order valence-electron chi connectivity index (χ1n) is 13.6. The van der Waals surface area contributed by atoms with Gasteiger partial charge in [-0.05, 0) is 80.0 Å². The van der Waals surface area contributed by atoms with Gasteiger partial charge in [-0.2, -0.15) is 0 Å². The summed E-state index contributed by atoms with van der Waals surface area (Å²) in [6.45, 7) is 3.05. The highest BCUT2D eigenvalue weighted by molar-refractivity contribution is 5.98. The highest BCUT2D eigenvalue weighted by atomic mass is 16.3. The highest BCUT2D eigenvalue weighted by Crippen LogP contribution is 2.57. The molecule has 4 aliphatic rings. The molecule has 4 atom stereocenters. The van der Waals surface area contributed by atoms with Crippen LogP contribution in [0.2, 0.25) is 0 Å². The number of pyridine rings is 1. The van der Waals surface area contributed by atoms with Crippen LogP contribution in [0, 0.1) is 5.92 Å². The van der Waals surface area contributed by atoms with Crippen molar-refractivity contribution in [1.29, 1.82) is 0 Å². The Morgan fingerprint density at radius 3 is 2.67 bits per heavy atom. The monoisotopic (exact) mass is 534 g/mol. The number of H-pyrrole nitrogens is 1. The number of Topliss-reactive ketones (excluding diaryl/α,β-unsaturated/α-hetero) is 1. The minimum absolute atomic E-state index is 0.143. The SMILES string of the molecule is CC(=O)C[C@H](NC(=O)c1cc2c([nH]c1=O)C[C@]13CCN(CC4CC4)[C@H](Cc4ccc(O)cc41)[C@]3(O)C2)C(N)=O. The zero-order chi connectivity index (χ0) is 27.7. The van der Waals surface area contributed by atoms with E-state index in [0.29, 0.717) is 36.4 Å². The molecular formula is C29H34N4O6. The van der Waals surface area contributed by atoms with E-state index in [1.807, 2.05) is 6.07 Å². The number of piperidine rings is 1. The van der Waals surface area contributed by atoms with Crippen LogP contribution in [-0.4, -0.2) is 68.5 Å². The van der Waals surface area contributed by atoms with Gasteiger partial charge in [0.15, 0.2) is 0 Å². The van der Waals surface area contributed by atoms with Crippen molar-refractivity contribution in [3.63, 3.8) is 0 Å². The molecule has 2 aromatic rings. The Morgan fingerprint density at radius 2 is 1.97 bits per heavy atom. The van der Waals surface area contributed by atoms with E-state index in [1.54, 1.807) is 12.1 Å². The number of phenols is 1. The van der Waals surface area contributed by atoms with Crippen molar-refractivity contribution >= 4 is 17.6 Å². The molecule has 0 unspecified atom stereocenters. The van der Waals surface area contributed by atoms with E-state index < -0.39 is 34.4 Å². The first kappa shape index (κ1) is 25.8. The fourth-order valence-corrected chi connectivity index (χ4v) is 7.30. The number of primary amides is 1. The van der Waals surface area contributed by atoms with Crippen LogP contribution < -0.4 is 16.6 Å². The van der Waals surface area contributed by atoms with Gasteiger partial charge in [-0.3, -0.25) is 24.1 Å². The van der Waals surface area contributed by atoms with Crippen molar-refractivity contribution < 1.29 is 24.6 Å². The maximum atomic E-state index is 13.1. The molecule has 6 N–H and O–H groups in total. The molecule has 0 spiro atoms. The van der Waals surface area contributed by atoms with Crippen molar-refractivity contribution in [3.8, 4) is 5.75 Å². The second-order valence-corrected chi connectivity index (χ2v) is 12.0. The van der Waals surface area contributed by atoms with E-state index in [2.05, 4.69) is 15.2 Å². The number of rotatable bonds is 7. The van der Waals surface area contributed by atoms with Gasteiger partial charge in [0, 0.05) is 43.0 Å². The summed E-state index contributed by atoms with van der Waals surface area (Å²) in [4.78, 5) is 54.7. The summed E-state index contributed by atoms with van der Waals surface area (Å²) >= 11 is 0. The molecule has 2 heterocycles. The van der Waals surface area contributed by atoms with E-state index in [9.17, 15) is 29.4 Å². The van der Waals surface area contributed by atoms with E-state index in [4.69, 9.17) is 5.73 Å². The third-order valence-corrected chi connectivity index (χ3v) is 9.40. The predicted molar refractivity (Wildman–Crippen MR) is 141 cm³/mol. The number of amides is 2. The number of carbonyl (C=O) groups is 3. The smallest absolute Gasteiger partial charge is 0.261 e. The van der Waals surface area contributed by atoms with Gasteiger partial charge < -0.3 is 26.2 Å². The number of hydrogen-bond acceptors (Lipinski definition) is 7. The summed E-state index contributed by atoms with van der Waals surface area (Å²) in [5, 5.41) is 25.5. The molecule has 1 aromatic heterocycles. The summed E-state index contributed by atoms with van der Waals surface area (Å²) in [5.41, 5.74) is 6.03. The lowest BCUT2D eigenvalue weighted by Crippen LogP contribution is -2.74. The highest BCUT2D eigenvalue weighted by Gasteiger charge is 2.64. The first-order valence-corrected chi connectivity index (χ1v) is 13.6. The minimum Gasteiger partial charge on any atom is -0.508 e. The molecule has 10 nitrogen and oxygen atoms in total. The number of fused-ring (bicyclic) bond motifs is 2. The zero-order valence-electron chi connectivity index (χ0n) is 22.0. The van der Waals surface area contributed by atoms with Crippen molar-refractivity contribution in [1.82, 2.24) is 15.2 Å². The van der Waals surface area contributed by atoms with Gasteiger partial charge in [-0.1, -0.05) is 6.07 Å². The third kappa shape index (κ3) is 4.17. The molecule has 6 rings (SSSR count). The lowest BCUT2D eigenvalue weighted by molar-refractivity contribution is -0.152. The number of nitrogens with two attached hydrogens (primary N) is 1. The number of aromatic hydroxyl groups is 1. The number of aliphatic hydroxyl groups is 1. The lowest BCUT2D eigenvalue weighted by Gasteiger charge is -2.63. The Kier molecular flexibility index (Phi) is 5.96. The topological polar surface area (TPSA) is 166 Å². The molecule has 206 valence electrons. The molecule has 1 aromatic carbocycles. The van der Waals surface area contributed by atoms with E-state index >= 15 is 0 Å². The van der Waals surface area contributed by atoms with Gasteiger partial charge in [0.1, 0.15) is 23.1 Å². The van der Waals surface area contributed by atoms with E-state index in [0.717, 1.165) is 24.2 Å². The Morgan fingerprint density at radius 1 is 1.21 bits per heavy atom. The number of aromatic nitrogens is 1. The predicted octanol–water partition coefficient (Wildman–Crippen LogP) is 0.451. The Labute approximate surface area is 225 Å². The second-order valence-electron chi connectivity index (χ2n) is 12.0. The maximum Gasteiger partial charge on any atom is 0.261 e. The van der Waals surface area contributed by atoms with Crippen LogP contribution >= 0.6 is 0 Å². The number of ketones is 1. The molecule has 1 saturated carbocycles. The van der Waals surface area contributed by atoms with Gasteiger partial charge >= 0.3 is 0 Å². The molecule has 0 radical (unpaired) electrons. The number of hydrogen-bond donors (Lipinski definition) is 5. The average Bonchev–Trinajstić information content (AvgIpc) is 3.68. The molecule has 1 aliphatic heterocycles. The van der Waals surface area contributed by atoms with Gasteiger partial charge in [0.05, 0.1) is 5.60 Å². The fraction of sp³-hybridized carbons (Fsp3) is 0.517. The summed E-state index contributed by atoms with van der Waals surface area (Å²) in [6, 6.07) is 5.53. The molecule has 3 aliphatic carbocycles. The summed E-state index contributed by atoms with van der Waals surface area (Å²) in [7, 11) is 0. The van der Waals surface area contributed by atoms with Crippen molar-refractivity contribution in [3.05, 3.63) is 62.6 Å². The van der Waals surface area contributed by atoms with Crippen molar-refractivity contribution in [2.24, 2.45) is 11.7 Å². The summed E-state index contributed by atoms with van der Waals surface area (Å²) < 4.78 is 0. The number of carbonyl (C=O) groups excluding carboxylic acids is 3. The largest absolute Gasteiger partial charge is 0.508 e. The third-order valence-electron chi connectivity index (χ3n) is 9.40. The number of nitrogens with zero attached hydrogens (tertiary/aromatic N) is 1. The van der Waals surface area contributed by atoms with Crippen LogP contribution in [0.1, 0.15) is 65.3 Å². The Hall–Kier alpha value is -3.50. The average molecular weight is 535 g/mol. The normalized spacial score (nSPS) is 28.0. The Bertz CT molecular complexity index is 1450. The van der Waals surface area contributed by atoms with E-state index in [1.165, 1.54) is 25.8 Å². The molecular weight excluding hydrogens is 500 g/mol. The lowest BCUT2D eigenvalue weighted by atomic mass is 9.49. The quantitative estimate of drug-likeness (QED) is 0.344. The summed E-state index contributed by atoms with van der Waals surface area (Å²) in [6.07, 6.45) is 4.07. The van der Waals surface area contributed by atoms with Crippen molar-refractivity contribution in [2.45, 2.75) is 75.0 Å². The van der Waals surface area contributed by atoms with Crippen LogP contribution in [0.5, 0.6) is 5.75 Å². The maximum absolute atomic E-state index is 13.1. The van der Waals surface area contributed by atoms with E-state index in [-0.39, 0.29) is 36.0 Å². The number of nitrogens with one attached hydrogen (secondary N) is 2. The first-order chi connectivity index (χ1) is 18.5. The van der Waals surface area contributed by atoms with Gasteiger partial charge in [0.25, 0.3) is 11.5 Å². The van der Waals surface area contributed by atoms with Crippen molar-refractivity contribution in [2.75, 3.05) is 13.1 Å². The fourth-order valence-electron chi connectivity index (χ4n) is 7.30. The van der Waals surface area contributed by atoms with Crippen LogP contribution in [0.4, 0.5) is 0 Å². The minimum atomic E-state index is -1.23. The van der Waals surface area contributed by atoms with Crippen LogP contribution in [0.3, 0.4) is 0 Å². The number of phenolic OH excluding ortho intramolecular Hbond substituents is 1. The zero-order valence-corrected chi connectivity index (χ0v) is 22.0. The Balaban J connectivity index is 1.40. The van der Waals surface area contributed by atoms with Crippen LogP contribution in [-0.2, 0) is 34.3 Å². The van der Waals surface area contributed by atoms with Gasteiger partial charge in [-0.15, -0.1) is 0 Å².